The third-order valence-electron chi connectivity index (χ3n) is 2.99. The third kappa shape index (κ3) is 2.78. The summed E-state index contributed by atoms with van der Waals surface area (Å²) in [4.78, 5) is 0. The number of hydrogen-bond acceptors (Lipinski definition) is 0. The monoisotopic (exact) mass is 220 g/mol. The zero-order valence-corrected chi connectivity index (χ0v) is 12.0. The summed E-state index contributed by atoms with van der Waals surface area (Å²) < 4.78 is 0. The van der Waals surface area contributed by atoms with Gasteiger partial charge >= 0.3 is 0 Å². The van der Waals surface area contributed by atoms with Gasteiger partial charge in [-0.1, -0.05) is 64.5 Å². The maximum atomic E-state index is 2.47. The summed E-state index contributed by atoms with van der Waals surface area (Å²) in [5, 5.41) is 1.76. The summed E-state index contributed by atoms with van der Waals surface area (Å²) in [6.45, 7) is 14.0. The maximum Gasteiger partial charge on any atom is 0.0439 e. The van der Waals surface area contributed by atoms with Gasteiger partial charge < -0.3 is 0 Å². The van der Waals surface area contributed by atoms with Gasteiger partial charge in [0.05, 0.1) is 0 Å². The zero-order chi connectivity index (χ0) is 11.6. The van der Waals surface area contributed by atoms with Crippen LogP contribution in [-0.4, -0.2) is 8.40 Å². The molecule has 0 atom stereocenters. The van der Waals surface area contributed by atoms with E-state index in [4.69, 9.17) is 0 Å². The Bertz CT molecular complexity index is 298. The van der Waals surface area contributed by atoms with E-state index < -0.39 is 8.40 Å². The van der Waals surface area contributed by atoms with Crippen molar-refractivity contribution in [2.45, 2.75) is 58.9 Å². The first-order valence-electron chi connectivity index (χ1n) is 6.07. The largest absolute Gasteiger partial charge is 0.0774 e. The van der Waals surface area contributed by atoms with Gasteiger partial charge in [-0.05, 0) is 22.9 Å². The maximum absolute atomic E-state index is 2.47. The summed E-state index contributed by atoms with van der Waals surface area (Å²) in [6, 6.07) is 4.62. The third-order valence-corrected chi connectivity index (χ3v) is 6.28. The molecule has 84 valence electrons. The number of hydrogen-bond donors (Lipinski definition) is 0. The van der Waals surface area contributed by atoms with Crippen LogP contribution in [0.2, 0.25) is 0 Å². The van der Waals surface area contributed by atoms with Crippen LogP contribution in [0.4, 0.5) is 0 Å². The molecule has 0 unspecified atom stereocenters. The lowest BCUT2D eigenvalue weighted by Gasteiger charge is -2.21. The Morgan fingerprint density at radius 2 is 1.53 bits per heavy atom. The van der Waals surface area contributed by atoms with Gasteiger partial charge in [0.2, 0.25) is 0 Å². The zero-order valence-electron chi connectivity index (χ0n) is 11.0. The highest BCUT2D eigenvalue weighted by Crippen LogP contribution is 2.27. The molecule has 0 fully saturated rings. The van der Waals surface area contributed by atoms with Crippen molar-refractivity contribution < 1.29 is 0 Å². The summed E-state index contributed by atoms with van der Waals surface area (Å²) in [6.07, 6.45) is 0. The fraction of sp³-hybridized carbons (Fsp3) is 0.643. The van der Waals surface area contributed by atoms with E-state index >= 15 is 0 Å². The molecule has 1 aromatic heterocycles. The van der Waals surface area contributed by atoms with Gasteiger partial charge in [0.1, 0.15) is 0 Å². The summed E-state index contributed by atoms with van der Waals surface area (Å²) in [7, 11) is -0.428. The Kier molecular flexibility index (Phi) is 4.27. The van der Waals surface area contributed by atoms with Gasteiger partial charge in [0.25, 0.3) is 0 Å². The Morgan fingerprint density at radius 3 is 1.93 bits per heavy atom. The van der Waals surface area contributed by atoms with E-state index in [0.29, 0.717) is 11.8 Å². The van der Waals surface area contributed by atoms with Crippen molar-refractivity contribution >= 4 is 8.40 Å². The van der Waals surface area contributed by atoms with Crippen molar-refractivity contribution in [2.75, 3.05) is 0 Å². The molecule has 0 spiro atoms. The predicted octanol–water partition coefficient (Wildman–Crippen LogP) is 4.54. The van der Waals surface area contributed by atoms with E-state index in [1.54, 1.807) is 10.7 Å². The second kappa shape index (κ2) is 5.07. The Balaban J connectivity index is 3.35. The van der Waals surface area contributed by atoms with Gasteiger partial charge in [-0.15, -0.1) is 0 Å². The fourth-order valence-electron chi connectivity index (χ4n) is 2.28. The van der Waals surface area contributed by atoms with E-state index in [0.717, 1.165) is 5.54 Å². The first-order chi connectivity index (χ1) is 6.95. The molecule has 0 saturated carbocycles. The molecule has 0 nitrogen and oxygen atoms in total. The lowest BCUT2D eigenvalue weighted by molar-refractivity contribution is 0.797. The van der Waals surface area contributed by atoms with E-state index in [1.165, 1.54) is 0 Å². The summed E-state index contributed by atoms with van der Waals surface area (Å²) >= 11 is 0. The van der Waals surface area contributed by atoms with Crippen LogP contribution < -0.4 is 0 Å². The summed E-state index contributed by atoms with van der Waals surface area (Å²) in [5.41, 5.74) is 4.89. The molecule has 1 aromatic rings. The predicted molar refractivity (Wildman–Crippen MR) is 71.0 cm³/mol. The normalized spacial score (nSPS) is 11.8. The SMILES string of the molecule is CC(C)c1ccc[si](C(C)C)c1C(C)C. The van der Waals surface area contributed by atoms with Crippen LogP contribution in [0.5, 0.6) is 0 Å². The molecule has 1 heterocycles. The molecule has 0 aliphatic carbocycles. The van der Waals surface area contributed by atoms with Gasteiger partial charge in [-0.3, -0.25) is 0 Å². The topological polar surface area (TPSA) is 0 Å². The molecule has 0 aliphatic rings. The van der Waals surface area contributed by atoms with Crippen molar-refractivity contribution in [1.82, 2.24) is 0 Å². The molecule has 0 bridgehead atoms. The highest BCUT2D eigenvalue weighted by Gasteiger charge is 2.16. The minimum atomic E-state index is -0.428. The van der Waals surface area contributed by atoms with Crippen molar-refractivity contribution in [3.63, 3.8) is 0 Å². The van der Waals surface area contributed by atoms with E-state index in [9.17, 15) is 0 Å². The average molecular weight is 220 g/mol. The lowest BCUT2D eigenvalue weighted by atomic mass is 9.99. The van der Waals surface area contributed by atoms with Crippen LogP contribution in [0, 0.1) is 0 Å². The second-order valence-corrected chi connectivity index (χ2v) is 8.25. The molecular weight excluding hydrogens is 196 g/mol. The van der Waals surface area contributed by atoms with Crippen molar-refractivity contribution in [3.05, 3.63) is 28.5 Å². The molecule has 0 N–H and O–H groups in total. The van der Waals surface area contributed by atoms with Gasteiger partial charge in [-0.2, -0.15) is 0 Å². The van der Waals surface area contributed by atoms with Crippen LogP contribution in [0.15, 0.2) is 17.8 Å². The van der Waals surface area contributed by atoms with Crippen molar-refractivity contribution in [3.8, 4) is 0 Å². The lowest BCUT2D eigenvalue weighted by Crippen LogP contribution is -2.14. The van der Waals surface area contributed by atoms with Gasteiger partial charge in [0, 0.05) is 8.40 Å². The molecule has 0 aromatic carbocycles. The molecule has 0 amide bonds. The highest BCUT2D eigenvalue weighted by atomic mass is 28.2. The minimum Gasteiger partial charge on any atom is -0.0774 e. The first-order valence-corrected chi connectivity index (χ1v) is 7.73. The molecule has 15 heavy (non-hydrogen) atoms. The minimum absolute atomic E-state index is 0.428. The van der Waals surface area contributed by atoms with E-state index in [1.807, 2.05) is 0 Å². The standard InChI is InChI=1S/C14H24Si/c1-10(2)13-8-7-9-15(12(5)6)14(13)11(3)4/h7-12H,1-6H3. The van der Waals surface area contributed by atoms with Crippen LogP contribution >= 0.6 is 0 Å². The van der Waals surface area contributed by atoms with Gasteiger partial charge in [-0.25, -0.2) is 0 Å². The van der Waals surface area contributed by atoms with Crippen molar-refractivity contribution in [1.29, 1.82) is 0 Å². The smallest absolute Gasteiger partial charge is 0.0439 e. The van der Waals surface area contributed by atoms with Crippen LogP contribution in [-0.2, 0) is 0 Å². The van der Waals surface area contributed by atoms with Gasteiger partial charge in [0.15, 0.2) is 0 Å². The highest BCUT2D eigenvalue weighted by molar-refractivity contribution is 6.54. The number of rotatable bonds is 3. The molecule has 1 heteroatoms. The summed E-state index contributed by atoms with van der Waals surface area (Å²) in [5.74, 6) is 1.38. The van der Waals surface area contributed by atoms with Crippen LogP contribution in [0.1, 0.15) is 69.7 Å². The van der Waals surface area contributed by atoms with Crippen LogP contribution in [0.25, 0.3) is 0 Å². The molecular formula is C14H24Si. The molecule has 0 aliphatic heterocycles. The molecule has 1 rings (SSSR count). The Morgan fingerprint density at radius 1 is 0.933 bits per heavy atom. The fourth-order valence-corrected chi connectivity index (χ4v) is 5.14. The first kappa shape index (κ1) is 12.6. The van der Waals surface area contributed by atoms with E-state index in [-0.39, 0.29) is 0 Å². The van der Waals surface area contributed by atoms with E-state index in [2.05, 4.69) is 59.4 Å². The molecule has 0 saturated heterocycles. The van der Waals surface area contributed by atoms with Crippen molar-refractivity contribution in [2.24, 2.45) is 0 Å². The Hall–Kier alpha value is -0.433. The molecule has 0 radical (unpaired) electrons. The average Bonchev–Trinajstić information content (AvgIpc) is 2.16. The quantitative estimate of drug-likeness (QED) is 0.656. The Labute approximate surface area is 96.3 Å². The van der Waals surface area contributed by atoms with Crippen LogP contribution in [0.3, 0.4) is 0 Å². The second-order valence-electron chi connectivity index (χ2n) is 5.31.